The van der Waals surface area contributed by atoms with Crippen LogP contribution in [-0.2, 0) is 4.79 Å². The van der Waals surface area contributed by atoms with E-state index in [4.69, 9.17) is 11.6 Å². The predicted octanol–water partition coefficient (Wildman–Crippen LogP) is 2.48. The third-order valence-electron chi connectivity index (χ3n) is 6.04. The topological polar surface area (TPSA) is 55.9 Å². The van der Waals surface area contributed by atoms with Crippen LogP contribution in [0.4, 0.5) is 0 Å². The van der Waals surface area contributed by atoms with Crippen molar-refractivity contribution >= 4 is 23.4 Å². The summed E-state index contributed by atoms with van der Waals surface area (Å²) in [5.74, 6) is 0.103. The number of carbonyl (C=O) groups excluding carboxylic acids is 2. The lowest BCUT2D eigenvalue weighted by Gasteiger charge is -2.35. The number of likely N-dealkylation sites (tertiary alicyclic amines) is 1. The van der Waals surface area contributed by atoms with Gasteiger partial charge < -0.3 is 15.1 Å². The molecule has 160 valence electrons. The van der Waals surface area contributed by atoms with Crippen molar-refractivity contribution in [3.8, 4) is 0 Å². The Kier molecular flexibility index (Phi) is 8.33. The van der Waals surface area contributed by atoms with E-state index in [1.54, 1.807) is 24.3 Å². The van der Waals surface area contributed by atoms with Crippen molar-refractivity contribution in [1.29, 1.82) is 0 Å². The maximum Gasteiger partial charge on any atom is 0.253 e. The van der Waals surface area contributed by atoms with Gasteiger partial charge >= 0.3 is 0 Å². The molecule has 0 saturated carbocycles. The summed E-state index contributed by atoms with van der Waals surface area (Å²) < 4.78 is 0. The molecule has 2 amide bonds. The van der Waals surface area contributed by atoms with E-state index in [1.165, 1.54) is 19.3 Å². The number of piperidine rings is 1. The highest BCUT2D eigenvalue weighted by atomic mass is 35.5. The minimum absolute atomic E-state index is 0.0283. The summed E-state index contributed by atoms with van der Waals surface area (Å²) in [5.41, 5.74) is 0.621. The molecule has 1 N–H and O–H groups in total. The zero-order chi connectivity index (χ0) is 20.6. The lowest BCUT2D eigenvalue weighted by molar-refractivity contribution is -0.131. The number of amides is 2. The van der Waals surface area contributed by atoms with Gasteiger partial charge in [0.05, 0.1) is 0 Å². The highest BCUT2D eigenvalue weighted by Gasteiger charge is 2.23. The first kappa shape index (κ1) is 22.1. The minimum Gasteiger partial charge on any atom is -0.340 e. The van der Waals surface area contributed by atoms with Crippen LogP contribution >= 0.6 is 11.6 Å². The first-order valence-electron chi connectivity index (χ1n) is 10.8. The van der Waals surface area contributed by atoms with Crippen molar-refractivity contribution < 1.29 is 9.59 Å². The Morgan fingerprint density at radius 2 is 1.83 bits per heavy atom. The van der Waals surface area contributed by atoms with E-state index in [9.17, 15) is 9.59 Å². The molecule has 0 radical (unpaired) electrons. The number of carbonyl (C=O) groups is 2. The van der Waals surface area contributed by atoms with E-state index in [2.05, 4.69) is 17.1 Å². The molecule has 0 aromatic heterocycles. The molecule has 7 heteroatoms. The molecular weight excluding hydrogens is 388 g/mol. The van der Waals surface area contributed by atoms with Crippen molar-refractivity contribution in [1.82, 2.24) is 20.0 Å². The fraction of sp³-hybridized carbons (Fsp3) is 0.636. The van der Waals surface area contributed by atoms with Crippen LogP contribution < -0.4 is 5.32 Å². The quantitative estimate of drug-likeness (QED) is 0.736. The highest BCUT2D eigenvalue weighted by Crippen LogP contribution is 2.17. The first-order valence-corrected chi connectivity index (χ1v) is 11.2. The third-order valence-corrected chi connectivity index (χ3v) is 6.29. The Morgan fingerprint density at radius 1 is 1.10 bits per heavy atom. The van der Waals surface area contributed by atoms with Gasteiger partial charge in [-0.15, -0.1) is 0 Å². The molecular formula is C22H33ClN4O2. The van der Waals surface area contributed by atoms with Crippen LogP contribution in [0.2, 0.25) is 5.02 Å². The van der Waals surface area contributed by atoms with E-state index in [0.29, 0.717) is 36.1 Å². The zero-order valence-corrected chi connectivity index (χ0v) is 18.2. The summed E-state index contributed by atoms with van der Waals surface area (Å²) in [6.45, 7) is 8.46. The van der Waals surface area contributed by atoms with Crippen molar-refractivity contribution in [3.05, 3.63) is 34.9 Å². The number of benzene rings is 1. The molecule has 2 heterocycles. The number of piperazine rings is 1. The van der Waals surface area contributed by atoms with Gasteiger partial charge in [-0.05, 0) is 50.6 Å². The van der Waals surface area contributed by atoms with Gasteiger partial charge in [-0.25, -0.2) is 0 Å². The Hall–Kier alpha value is -1.63. The van der Waals surface area contributed by atoms with Crippen LogP contribution in [0.3, 0.4) is 0 Å². The average molecular weight is 421 g/mol. The summed E-state index contributed by atoms with van der Waals surface area (Å²) in [6.07, 6.45) is 4.09. The fourth-order valence-electron chi connectivity index (χ4n) is 4.13. The zero-order valence-electron chi connectivity index (χ0n) is 17.4. The number of halogens is 1. The van der Waals surface area contributed by atoms with Crippen LogP contribution in [0.15, 0.2) is 24.3 Å². The second-order valence-electron chi connectivity index (χ2n) is 8.06. The Bertz CT molecular complexity index is 676. The van der Waals surface area contributed by atoms with Crippen LogP contribution in [0.25, 0.3) is 0 Å². The molecule has 6 nitrogen and oxygen atoms in total. The molecule has 1 atom stereocenters. The normalized spacial score (nSPS) is 20.5. The number of hydrogen-bond donors (Lipinski definition) is 1. The Labute approximate surface area is 179 Å². The van der Waals surface area contributed by atoms with Gasteiger partial charge in [0, 0.05) is 68.9 Å². The average Bonchev–Trinajstić information content (AvgIpc) is 2.75. The summed E-state index contributed by atoms with van der Waals surface area (Å²) in [7, 11) is 0. The molecule has 29 heavy (non-hydrogen) atoms. The SMILES string of the molecule is C[C@@H]1CCCCN1CCN(CCC(=O)N1CCNCC1)C(=O)c1ccc(Cl)cc1. The van der Waals surface area contributed by atoms with Crippen LogP contribution in [0, 0.1) is 0 Å². The number of hydrogen-bond acceptors (Lipinski definition) is 4. The van der Waals surface area contributed by atoms with Crippen LogP contribution in [-0.4, -0.2) is 84.9 Å². The van der Waals surface area contributed by atoms with Gasteiger partial charge in [0.25, 0.3) is 5.91 Å². The molecule has 0 spiro atoms. The minimum atomic E-state index is -0.0283. The van der Waals surface area contributed by atoms with E-state index in [0.717, 1.165) is 39.3 Å². The van der Waals surface area contributed by atoms with E-state index < -0.39 is 0 Å². The second kappa shape index (κ2) is 11.0. The van der Waals surface area contributed by atoms with Gasteiger partial charge in [0.2, 0.25) is 5.91 Å². The number of nitrogens with one attached hydrogen (secondary N) is 1. The van der Waals surface area contributed by atoms with Gasteiger partial charge in [-0.2, -0.15) is 0 Å². The predicted molar refractivity (Wildman–Crippen MR) is 116 cm³/mol. The lowest BCUT2D eigenvalue weighted by atomic mass is 10.0. The van der Waals surface area contributed by atoms with E-state index in [1.807, 2.05) is 9.80 Å². The standard InChI is InChI=1S/C22H33ClN4O2/c1-18-4-2-3-12-25(18)16-17-27(22(29)19-5-7-20(23)8-6-19)13-9-21(28)26-14-10-24-11-15-26/h5-8,18,24H,2-4,9-17H2,1H3/t18-/m1/s1. The molecule has 3 rings (SSSR count). The molecule has 2 saturated heterocycles. The van der Waals surface area contributed by atoms with Crippen LogP contribution in [0.1, 0.15) is 43.0 Å². The lowest BCUT2D eigenvalue weighted by Crippen LogP contribution is -2.48. The third kappa shape index (κ3) is 6.43. The van der Waals surface area contributed by atoms with Crippen molar-refractivity contribution in [2.75, 3.05) is 52.4 Å². The molecule has 0 bridgehead atoms. The second-order valence-corrected chi connectivity index (χ2v) is 8.50. The van der Waals surface area contributed by atoms with E-state index >= 15 is 0 Å². The summed E-state index contributed by atoms with van der Waals surface area (Å²) in [6, 6.07) is 7.56. The molecule has 1 aromatic rings. The highest BCUT2D eigenvalue weighted by molar-refractivity contribution is 6.30. The molecule has 2 aliphatic heterocycles. The van der Waals surface area contributed by atoms with Crippen molar-refractivity contribution in [2.45, 2.75) is 38.6 Å². The van der Waals surface area contributed by atoms with Gasteiger partial charge in [-0.1, -0.05) is 18.0 Å². The smallest absolute Gasteiger partial charge is 0.253 e. The Morgan fingerprint density at radius 3 is 2.52 bits per heavy atom. The molecule has 2 fully saturated rings. The monoisotopic (exact) mass is 420 g/mol. The molecule has 0 unspecified atom stereocenters. The molecule has 0 aliphatic carbocycles. The van der Waals surface area contributed by atoms with Gasteiger partial charge in [-0.3, -0.25) is 14.5 Å². The number of nitrogens with zero attached hydrogens (tertiary/aromatic N) is 3. The van der Waals surface area contributed by atoms with Crippen molar-refractivity contribution in [2.24, 2.45) is 0 Å². The summed E-state index contributed by atoms with van der Waals surface area (Å²) in [4.78, 5) is 31.9. The van der Waals surface area contributed by atoms with Gasteiger partial charge in [0.15, 0.2) is 0 Å². The largest absolute Gasteiger partial charge is 0.340 e. The van der Waals surface area contributed by atoms with E-state index in [-0.39, 0.29) is 11.8 Å². The number of rotatable bonds is 7. The summed E-state index contributed by atoms with van der Waals surface area (Å²) >= 11 is 5.98. The summed E-state index contributed by atoms with van der Waals surface area (Å²) in [5, 5.41) is 3.88. The maximum atomic E-state index is 13.1. The first-order chi connectivity index (χ1) is 14.0. The fourth-order valence-corrected chi connectivity index (χ4v) is 4.26. The van der Waals surface area contributed by atoms with Crippen molar-refractivity contribution in [3.63, 3.8) is 0 Å². The molecule has 2 aliphatic rings. The van der Waals surface area contributed by atoms with Crippen LogP contribution in [0.5, 0.6) is 0 Å². The maximum absolute atomic E-state index is 13.1. The molecule has 1 aromatic carbocycles. The van der Waals surface area contributed by atoms with Gasteiger partial charge in [0.1, 0.15) is 0 Å². The Balaban J connectivity index is 1.62.